The molecule has 24 heavy (non-hydrogen) atoms. The molecular formula is C20H24N2O2. The molecular weight excluding hydrogens is 300 g/mol. The van der Waals surface area contributed by atoms with Crippen LogP contribution < -0.4 is 5.56 Å². The fourth-order valence-electron chi connectivity index (χ4n) is 3.29. The summed E-state index contributed by atoms with van der Waals surface area (Å²) in [6, 6.07) is 9.65. The molecule has 0 aliphatic carbocycles. The molecule has 126 valence electrons. The number of aryl methyl sites for hydroxylation is 3. The first-order valence-corrected chi connectivity index (χ1v) is 8.49. The van der Waals surface area contributed by atoms with Gasteiger partial charge in [0.05, 0.1) is 0 Å². The van der Waals surface area contributed by atoms with E-state index in [1.54, 1.807) is 17.7 Å². The molecule has 2 aromatic rings. The number of likely N-dealkylation sites (tertiary alicyclic amines) is 1. The molecule has 0 N–H and O–H groups in total. The van der Waals surface area contributed by atoms with Crippen molar-refractivity contribution in [2.45, 2.75) is 32.6 Å². The first kappa shape index (κ1) is 16.5. The third-order valence-corrected chi connectivity index (χ3v) is 5.14. The van der Waals surface area contributed by atoms with Gasteiger partial charge in [0.2, 0.25) is 0 Å². The number of rotatable bonds is 2. The lowest BCUT2D eigenvalue weighted by Crippen LogP contribution is -2.38. The number of nitrogens with zero attached hydrogens (tertiary/aromatic N) is 2. The first-order chi connectivity index (χ1) is 11.5. The van der Waals surface area contributed by atoms with E-state index in [2.05, 4.69) is 6.92 Å². The molecule has 0 unspecified atom stereocenters. The molecule has 3 rings (SSSR count). The van der Waals surface area contributed by atoms with Gasteiger partial charge in [-0.15, -0.1) is 0 Å². The number of hydrogen-bond donors (Lipinski definition) is 0. The van der Waals surface area contributed by atoms with Crippen LogP contribution in [0.4, 0.5) is 0 Å². The highest BCUT2D eigenvalue weighted by molar-refractivity contribution is 5.94. The van der Waals surface area contributed by atoms with Gasteiger partial charge in [-0.2, -0.15) is 0 Å². The predicted octanol–water partition coefficient (Wildman–Crippen LogP) is 3.02. The van der Waals surface area contributed by atoms with Crippen LogP contribution >= 0.6 is 0 Å². The number of hydrogen-bond acceptors (Lipinski definition) is 2. The Morgan fingerprint density at radius 3 is 2.38 bits per heavy atom. The fraction of sp³-hybridized carbons (Fsp3) is 0.400. The minimum absolute atomic E-state index is 0.0288. The minimum atomic E-state index is 0.0288. The lowest BCUT2D eigenvalue weighted by molar-refractivity contribution is 0.0713. The van der Waals surface area contributed by atoms with Crippen LogP contribution in [0.15, 0.2) is 41.3 Å². The van der Waals surface area contributed by atoms with Crippen LogP contribution in [0.5, 0.6) is 0 Å². The highest BCUT2D eigenvalue weighted by atomic mass is 16.2. The van der Waals surface area contributed by atoms with E-state index in [1.807, 2.05) is 42.3 Å². The summed E-state index contributed by atoms with van der Waals surface area (Å²) in [6.07, 6.45) is 3.64. The van der Waals surface area contributed by atoms with Gasteiger partial charge >= 0.3 is 0 Å². The summed E-state index contributed by atoms with van der Waals surface area (Å²) in [5, 5.41) is 0. The van der Waals surface area contributed by atoms with Gasteiger partial charge in [-0.05, 0) is 67.5 Å². The van der Waals surface area contributed by atoms with E-state index in [-0.39, 0.29) is 11.5 Å². The Morgan fingerprint density at radius 1 is 1.04 bits per heavy atom. The minimum Gasteiger partial charge on any atom is -0.339 e. The van der Waals surface area contributed by atoms with Crippen LogP contribution in [0, 0.1) is 13.8 Å². The van der Waals surface area contributed by atoms with Gasteiger partial charge in [0.1, 0.15) is 0 Å². The van der Waals surface area contributed by atoms with Crippen LogP contribution in [-0.2, 0) is 7.05 Å². The SMILES string of the molecule is Cc1ccc(C(=O)N2CCC(c3ccn(C)c(=O)c3)CC2)cc1C. The third kappa shape index (κ3) is 3.28. The molecule has 0 saturated carbocycles. The van der Waals surface area contributed by atoms with Crippen LogP contribution in [0.25, 0.3) is 0 Å². The van der Waals surface area contributed by atoms with Crippen LogP contribution in [0.3, 0.4) is 0 Å². The summed E-state index contributed by atoms with van der Waals surface area (Å²) in [5.74, 6) is 0.475. The van der Waals surface area contributed by atoms with E-state index in [0.717, 1.165) is 42.6 Å². The largest absolute Gasteiger partial charge is 0.339 e. The molecule has 1 fully saturated rings. The van der Waals surface area contributed by atoms with Gasteiger partial charge in [-0.25, -0.2) is 0 Å². The quantitative estimate of drug-likeness (QED) is 0.852. The molecule has 1 saturated heterocycles. The third-order valence-electron chi connectivity index (χ3n) is 5.14. The van der Waals surface area contributed by atoms with Gasteiger partial charge in [0.25, 0.3) is 11.5 Å². The molecule has 1 amide bonds. The molecule has 1 aromatic heterocycles. The molecule has 1 aliphatic heterocycles. The second-order valence-corrected chi connectivity index (χ2v) is 6.77. The summed E-state index contributed by atoms with van der Waals surface area (Å²) >= 11 is 0. The van der Waals surface area contributed by atoms with Crippen molar-refractivity contribution >= 4 is 5.91 Å². The molecule has 0 spiro atoms. The number of amides is 1. The van der Waals surface area contributed by atoms with E-state index in [4.69, 9.17) is 0 Å². The van der Waals surface area contributed by atoms with Crippen molar-refractivity contribution in [1.82, 2.24) is 9.47 Å². The van der Waals surface area contributed by atoms with Crippen molar-refractivity contribution in [1.29, 1.82) is 0 Å². The predicted molar refractivity (Wildman–Crippen MR) is 95.5 cm³/mol. The van der Waals surface area contributed by atoms with Crippen molar-refractivity contribution in [3.8, 4) is 0 Å². The van der Waals surface area contributed by atoms with Crippen molar-refractivity contribution in [2.24, 2.45) is 7.05 Å². The highest BCUT2D eigenvalue weighted by Crippen LogP contribution is 2.28. The van der Waals surface area contributed by atoms with Gasteiger partial charge in [0, 0.05) is 38.0 Å². The average Bonchev–Trinajstić information content (AvgIpc) is 2.59. The Hall–Kier alpha value is -2.36. The second kappa shape index (κ2) is 6.63. The summed E-state index contributed by atoms with van der Waals surface area (Å²) in [5.41, 5.74) is 4.24. The van der Waals surface area contributed by atoms with Crippen molar-refractivity contribution in [2.75, 3.05) is 13.1 Å². The summed E-state index contributed by atoms with van der Waals surface area (Å²) < 4.78 is 1.59. The van der Waals surface area contributed by atoms with Gasteiger partial charge in [-0.3, -0.25) is 9.59 Å². The van der Waals surface area contributed by atoms with Crippen molar-refractivity contribution in [3.63, 3.8) is 0 Å². The molecule has 0 bridgehead atoms. The lowest BCUT2D eigenvalue weighted by Gasteiger charge is -2.32. The average molecular weight is 324 g/mol. The number of aromatic nitrogens is 1. The van der Waals surface area contributed by atoms with Crippen LogP contribution in [0.2, 0.25) is 0 Å². The lowest BCUT2D eigenvalue weighted by atomic mass is 9.89. The standard InChI is InChI=1S/C20H24N2O2/c1-14-4-5-18(12-15(14)2)20(24)22-10-7-16(8-11-22)17-6-9-21(3)19(23)13-17/h4-6,9,12-13,16H,7-8,10-11H2,1-3H3. The monoisotopic (exact) mass is 324 g/mol. The molecule has 0 atom stereocenters. The summed E-state index contributed by atoms with van der Waals surface area (Å²) in [6.45, 7) is 5.57. The number of carbonyl (C=O) groups is 1. The zero-order chi connectivity index (χ0) is 17.3. The Labute approximate surface area is 142 Å². The highest BCUT2D eigenvalue weighted by Gasteiger charge is 2.25. The maximum Gasteiger partial charge on any atom is 0.253 e. The summed E-state index contributed by atoms with van der Waals surface area (Å²) in [7, 11) is 1.76. The fourth-order valence-corrected chi connectivity index (χ4v) is 3.29. The van der Waals surface area contributed by atoms with Crippen LogP contribution in [0.1, 0.15) is 45.8 Å². The molecule has 0 radical (unpaired) electrons. The number of carbonyl (C=O) groups excluding carboxylic acids is 1. The second-order valence-electron chi connectivity index (χ2n) is 6.77. The van der Waals surface area contributed by atoms with E-state index in [9.17, 15) is 9.59 Å². The normalized spacial score (nSPS) is 15.5. The Balaban J connectivity index is 1.68. The molecule has 1 aliphatic rings. The van der Waals surface area contributed by atoms with Gasteiger partial charge in [0.15, 0.2) is 0 Å². The van der Waals surface area contributed by atoms with Crippen molar-refractivity contribution < 1.29 is 4.79 Å². The zero-order valence-corrected chi connectivity index (χ0v) is 14.6. The number of benzene rings is 1. The van der Waals surface area contributed by atoms with Gasteiger partial charge < -0.3 is 9.47 Å². The van der Waals surface area contributed by atoms with E-state index < -0.39 is 0 Å². The topological polar surface area (TPSA) is 42.3 Å². The Bertz CT molecular complexity index is 815. The summed E-state index contributed by atoms with van der Waals surface area (Å²) in [4.78, 5) is 26.4. The molecule has 4 heteroatoms. The maximum atomic E-state index is 12.7. The number of pyridine rings is 1. The molecule has 2 heterocycles. The van der Waals surface area contributed by atoms with Crippen LogP contribution in [-0.4, -0.2) is 28.5 Å². The Kier molecular flexibility index (Phi) is 4.56. The van der Waals surface area contributed by atoms with E-state index in [0.29, 0.717) is 5.92 Å². The smallest absolute Gasteiger partial charge is 0.253 e. The van der Waals surface area contributed by atoms with E-state index >= 15 is 0 Å². The Morgan fingerprint density at radius 2 is 1.75 bits per heavy atom. The molecule has 4 nitrogen and oxygen atoms in total. The number of piperidine rings is 1. The zero-order valence-electron chi connectivity index (χ0n) is 14.6. The first-order valence-electron chi connectivity index (χ1n) is 8.49. The van der Waals surface area contributed by atoms with E-state index in [1.165, 1.54) is 5.56 Å². The molecule has 1 aromatic carbocycles. The maximum absolute atomic E-state index is 12.7. The van der Waals surface area contributed by atoms with Gasteiger partial charge in [-0.1, -0.05) is 6.07 Å². The van der Waals surface area contributed by atoms with Crippen molar-refractivity contribution in [3.05, 3.63) is 69.1 Å².